The molecule has 0 radical (unpaired) electrons. The number of halogens is 5. The number of alkyl halides is 5. The lowest BCUT2D eigenvalue weighted by Crippen LogP contribution is -2.38. The molecule has 0 N–H and O–H groups in total. The van der Waals surface area contributed by atoms with E-state index >= 15 is 0 Å². The van der Waals surface area contributed by atoms with Gasteiger partial charge in [0.15, 0.2) is 5.78 Å². The molecular weight excluding hydrogens is 283 g/mol. The van der Waals surface area contributed by atoms with Gasteiger partial charge in [0.2, 0.25) is 0 Å². The Morgan fingerprint density at radius 3 is 2.30 bits per heavy atom. The Morgan fingerprint density at radius 2 is 1.85 bits per heavy atom. The van der Waals surface area contributed by atoms with Crippen LogP contribution in [0, 0.1) is 0 Å². The van der Waals surface area contributed by atoms with Crippen molar-refractivity contribution in [2.75, 3.05) is 7.11 Å². The van der Waals surface area contributed by atoms with Gasteiger partial charge >= 0.3 is 12.1 Å². The zero-order chi connectivity index (χ0) is 15.6. The van der Waals surface area contributed by atoms with Crippen LogP contribution in [0.2, 0.25) is 0 Å². The van der Waals surface area contributed by atoms with Crippen LogP contribution in [0.25, 0.3) is 0 Å². The van der Waals surface area contributed by atoms with E-state index in [2.05, 4.69) is 0 Å². The summed E-state index contributed by atoms with van der Waals surface area (Å²) in [5.74, 6) is -5.18. The van der Waals surface area contributed by atoms with E-state index in [0.717, 1.165) is 7.11 Å². The maximum absolute atomic E-state index is 13.0. The van der Waals surface area contributed by atoms with Crippen LogP contribution < -0.4 is 0 Å². The minimum absolute atomic E-state index is 0.101. The second kappa shape index (κ2) is 5.87. The molecule has 7 heteroatoms. The molecule has 0 aromatic heterocycles. The van der Waals surface area contributed by atoms with Crippen LogP contribution in [0.5, 0.6) is 0 Å². The van der Waals surface area contributed by atoms with E-state index in [1.807, 2.05) is 0 Å². The summed E-state index contributed by atoms with van der Waals surface area (Å²) in [6.45, 7) is 1.27. The first-order chi connectivity index (χ1) is 9.08. The Hall–Kier alpha value is -1.50. The van der Waals surface area contributed by atoms with Crippen LogP contribution >= 0.6 is 0 Å². The predicted molar refractivity (Wildman–Crippen MR) is 61.8 cm³/mol. The van der Waals surface area contributed by atoms with Gasteiger partial charge in [-0.05, 0) is 18.6 Å². The molecule has 1 atom stereocenters. The number of benzene rings is 1. The van der Waals surface area contributed by atoms with Crippen molar-refractivity contribution in [3.8, 4) is 0 Å². The number of carbonyl (C=O) groups is 1. The van der Waals surface area contributed by atoms with E-state index in [0.29, 0.717) is 0 Å². The molecule has 20 heavy (non-hydrogen) atoms. The summed E-state index contributed by atoms with van der Waals surface area (Å²) in [6, 6.07) is 5.44. The first-order valence-corrected chi connectivity index (χ1v) is 5.66. The Kier molecular flexibility index (Phi) is 4.86. The van der Waals surface area contributed by atoms with Crippen molar-refractivity contribution in [2.45, 2.75) is 31.5 Å². The Labute approximate surface area is 112 Å². The van der Waals surface area contributed by atoms with E-state index in [-0.39, 0.29) is 16.9 Å². The summed E-state index contributed by atoms with van der Waals surface area (Å²) in [5.41, 5.74) is 0.323. The fourth-order valence-electron chi connectivity index (χ4n) is 1.64. The molecule has 0 spiro atoms. The number of carbonyl (C=O) groups excluding carboxylic acids is 1. The molecule has 0 aliphatic carbocycles. The lowest BCUT2D eigenvalue weighted by Gasteiger charge is -2.24. The van der Waals surface area contributed by atoms with Crippen molar-refractivity contribution >= 4 is 5.78 Å². The van der Waals surface area contributed by atoms with Crippen molar-refractivity contribution in [3.63, 3.8) is 0 Å². The summed E-state index contributed by atoms with van der Waals surface area (Å²) in [6.07, 6.45) is -8.62. The van der Waals surface area contributed by atoms with Crippen LogP contribution in [0.3, 0.4) is 0 Å². The molecule has 0 heterocycles. The number of methoxy groups -OCH3 is 1. The van der Waals surface area contributed by atoms with E-state index in [4.69, 9.17) is 4.74 Å². The molecule has 1 unspecified atom stereocenters. The van der Waals surface area contributed by atoms with Gasteiger partial charge in [-0.25, -0.2) is 0 Å². The Morgan fingerprint density at radius 1 is 1.25 bits per heavy atom. The SMILES string of the molecule is COC(CC(F)(F)C(F)(F)F)c1cccc(C(C)=O)c1. The number of rotatable bonds is 5. The monoisotopic (exact) mass is 296 g/mol. The summed E-state index contributed by atoms with van der Waals surface area (Å²) >= 11 is 0. The normalized spacial score (nSPS) is 14.2. The zero-order valence-electron chi connectivity index (χ0n) is 10.8. The minimum atomic E-state index is -5.64. The smallest absolute Gasteiger partial charge is 0.377 e. The van der Waals surface area contributed by atoms with E-state index in [9.17, 15) is 26.7 Å². The lowest BCUT2D eigenvalue weighted by molar-refractivity contribution is -0.291. The highest BCUT2D eigenvalue weighted by molar-refractivity contribution is 5.94. The van der Waals surface area contributed by atoms with Crippen LogP contribution in [-0.4, -0.2) is 25.0 Å². The topological polar surface area (TPSA) is 26.3 Å². The van der Waals surface area contributed by atoms with Crippen molar-refractivity contribution < 1.29 is 31.5 Å². The van der Waals surface area contributed by atoms with E-state index < -0.39 is 24.6 Å². The molecule has 1 aromatic carbocycles. The molecule has 2 nitrogen and oxygen atoms in total. The number of ketones is 1. The molecular formula is C13H13F5O2. The second-order valence-corrected chi connectivity index (χ2v) is 4.31. The van der Waals surface area contributed by atoms with Gasteiger partial charge in [0, 0.05) is 12.7 Å². The average Bonchev–Trinajstić information content (AvgIpc) is 2.34. The molecule has 0 fully saturated rings. The van der Waals surface area contributed by atoms with Crippen molar-refractivity contribution in [2.24, 2.45) is 0 Å². The van der Waals surface area contributed by atoms with Crippen LogP contribution in [0.4, 0.5) is 22.0 Å². The quantitative estimate of drug-likeness (QED) is 0.602. The molecule has 0 saturated heterocycles. The molecule has 0 bridgehead atoms. The largest absolute Gasteiger partial charge is 0.453 e. The third kappa shape index (κ3) is 3.75. The van der Waals surface area contributed by atoms with Crippen molar-refractivity contribution in [1.82, 2.24) is 0 Å². The summed E-state index contributed by atoms with van der Waals surface area (Å²) in [5, 5.41) is 0. The van der Waals surface area contributed by atoms with Crippen LogP contribution in [-0.2, 0) is 4.74 Å². The molecule has 0 aliphatic rings. The predicted octanol–water partition coefficient (Wildman–Crippen LogP) is 4.16. The molecule has 1 rings (SSSR count). The van der Waals surface area contributed by atoms with Crippen LogP contribution in [0.1, 0.15) is 35.4 Å². The lowest BCUT2D eigenvalue weighted by atomic mass is 9.99. The highest BCUT2D eigenvalue weighted by Gasteiger charge is 2.58. The number of hydrogen-bond acceptors (Lipinski definition) is 2. The van der Waals surface area contributed by atoms with Gasteiger partial charge in [0.1, 0.15) is 0 Å². The molecule has 0 amide bonds. The maximum atomic E-state index is 13.0. The fourth-order valence-corrected chi connectivity index (χ4v) is 1.64. The van der Waals surface area contributed by atoms with E-state index in [1.165, 1.54) is 31.2 Å². The van der Waals surface area contributed by atoms with Gasteiger partial charge in [0.05, 0.1) is 12.5 Å². The van der Waals surface area contributed by atoms with Crippen molar-refractivity contribution in [1.29, 1.82) is 0 Å². The number of hydrogen-bond donors (Lipinski definition) is 0. The standard InChI is InChI=1S/C13H13F5O2/c1-8(19)9-4-3-5-10(6-9)11(20-2)7-12(14,15)13(16,17)18/h3-6,11H,7H2,1-2H3. The summed E-state index contributed by atoms with van der Waals surface area (Å²) < 4.78 is 67.4. The highest BCUT2D eigenvalue weighted by atomic mass is 19.4. The van der Waals surface area contributed by atoms with Gasteiger partial charge in [0.25, 0.3) is 0 Å². The first-order valence-electron chi connectivity index (χ1n) is 5.66. The number of ether oxygens (including phenoxy) is 1. The first kappa shape index (κ1) is 16.6. The van der Waals surface area contributed by atoms with Gasteiger partial charge in [-0.15, -0.1) is 0 Å². The fraction of sp³-hybridized carbons (Fsp3) is 0.462. The third-order valence-electron chi connectivity index (χ3n) is 2.81. The van der Waals surface area contributed by atoms with Crippen molar-refractivity contribution in [3.05, 3.63) is 35.4 Å². The summed E-state index contributed by atoms with van der Waals surface area (Å²) in [4.78, 5) is 11.2. The Balaban J connectivity index is 3.03. The summed E-state index contributed by atoms with van der Waals surface area (Å²) in [7, 11) is 1.04. The third-order valence-corrected chi connectivity index (χ3v) is 2.81. The molecule has 1 aromatic rings. The van der Waals surface area contributed by atoms with E-state index in [1.54, 1.807) is 0 Å². The van der Waals surface area contributed by atoms with Gasteiger partial charge in [-0.1, -0.05) is 18.2 Å². The average molecular weight is 296 g/mol. The second-order valence-electron chi connectivity index (χ2n) is 4.31. The van der Waals surface area contributed by atoms with Crippen LogP contribution in [0.15, 0.2) is 24.3 Å². The maximum Gasteiger partial charge on any atom is 0.453 e. The zero-order valence-corrected chi connectivity index (χ0v) is 10.8. The van der Waals surface area contributed by atoms with Gasteiger partial charge < -0.3 is 4.74 Å². The van der Waals surface area contributed by atoms with Gasteiger partial charge in [-0.2, -0.15) is 22.0 Å². The molecule has 0 saturated carbocycles. The molecule has 0 aliphatic heterocycles. The highest BCUT2D eigenvalue weighted by Crippen LogP contribution is 2.42. The Bertz CT molecular complexity index is 482. The van der Waals surface area contributed by atoms with Gasteiger partial charge in [-0.3, -0.25) is 4.79 Å². The minimum Gasteiger partial charge on any atom is -0.377 e. The number of Topliss-reactive ketones (excluding diaryl/α,β-unsaturated/α-hetero) is 1. The molecule has 112 valence electrons.